The number of amidine groups is 1. The lowest BCUT2D eigenvalue weighted by molar-refractivity contribution is 0.231. The van der Waals surface area contributed by atoms with Crippen LogP contribution in [0.25, 0.3) is 0 Å². The van der Waals surface area contributed by atoms with Crippen molar-refractivity contribution >= 4 is 46.0 Å². The average molecular weight is 574 g/mol. The van der Waals surface area contributed by atoms with Crippen LogP contribution < -0.4 is 9.47 Å². The number of hydrogen-bond acceptors (Lipinski definition) is 4. The van der Waals surface area contributed by atoms with E-state index in [2.05, 4.69) is 20.8 Å². The Morgan fingerprint density at radius 1 is 0.868 bits per heavy atom. The summed E-state index contributed by atoms with van der Waals surface area (Å²) < 4.78 is 12.2. The SMILES string of the molecule is CCOc1cc(C(C)(C)C)c(OCC)cc1C1=N[C@@H](c2ccc(Cl)cc2)[C@@H](c2ccc(Cl)cc2)N1C(=O)Cl. The van der Waals surface area contributed by atoms with E-state index in [0.717, 1.165) is 16.7 Å². The molecule has 0 saturated heterocycles. The molecule has 0 bridgehead atoms. The van der Waals surface area contributed by atoms with Crippen molar-refractivity contribution in [3.05, 3.63) is 93.0 Å². The molecular weight excluding hydrogens is 543 g/mol. The maximum absolute atomic E-state index is 13.1. The fraction of sp³-hybridized carbons (Fsp3) is 0.333. The van der Waals surface area contributed by atoms with Crippen LogP contribution in [0, 0.1) is 0 Å². The first kappa shape index (κ1) is 28.3. The van der Waals surface area contributed by atoms with Gasteiger partial charge in [0, 0.05) is 15.6 Å². The normalized spacial score (nSPS) is 17.4. The molecule has 0 aliphatic carbocycles. The van der Waals surface area contributed by atoms with Crippen LogP contribution in [-0.2, 0) is 5.41 Å². The fourth-order valence-corrected chi connectivity index (χ4v) is 5.15. The fourth-order valence-electron chi connectivity index (χ4n) is 4.71. The lowest BCUT2D eigenvalue weighted by atomic mass is 9.85. The molecular formula is C30H31Cl3N2O3. The third-order valence-electron chi connectivity index (χ3n) is 6.41. The predicted octanol–water partition coefficient (Wildman–Crippen LogP) is 8.99. The molecule has 8 heteroatoms. The Bertz CT molecular complexity index is 1330. The summed E-state index contributed by atoms with van der Waals surface area (Å²) >= 11 is 18.7. The van der Waals surface area contributed by atoms with Gasteiger partial charge in [0.1, 0.15) is 23.4 Å². The minimum Gasteiger partial charge on any atom is -0.494 e. The molecule has 3 aromatic carbocycles. The third kappa shape index (κ3) is 5.80. The first-order chi connectivity index (χ1) is 18.0. The summed E-state index contributed by atoms with van der Waals surface area (Å²) in [6.07, 6.45) is 0. The van der Waals surface area contributed by atoms with Gasteiger partial charge in [-0.1, -0.05) is 68.2 Å². The highest BCUT2D eigenvalue weighted by Crippen LogP contribution is 2.47. The Balaban J connectivity index is 1.97. The molecule has 1 heterocycles. The molecule has 200 valence electrons. The van der Waals surface area contributed by atoms with Gasteiger partial charge in [0.2, 0.25) is 0 Å². The van der Waals surface area contributed by atoms with Crippen molar-refractivity contribution in [3.63, 3.8) is 0 Å². The van der Waals surface area contributed by atoms with Crippen molar-refractivity contribution in [2.45, 2.75) is 52.1 Å². The molecule has 1 aliphatic heterocycles. The molecule has 0 spiro atoms. The standard InChI is InChI=1S/C30H31Cl3N2O3/c1-6-37-24-17-23(30(3,4)5)25(38-7-2)16-22(24)28-34-26(18-8-12-20(31)13-9-18)27(35(28)29(33)36)19-10-14-21(32)15-11-19/h8-17,26-27H,6-7H2,1-5H3/t26-,27+/m0/s1. The number of carbonyl (C=O) groups excluding carboxylic acids is 1. The van der Waals surface area contributed by atoms with Gasteiger partial charge in [0.15, 0.2) is 0 Å². The lowest BCUT2D eigenvalue weighted by Gasteiger charge is -2.29. The Kier molecular flexibility index (Phi) is 8.61. The Hall–Kier alpha value is -2.73. The Morgan fingerprint density at radius 2 is 1.39 bits per heavy atom. The molecule has 1 aliphatic rings. The zero-order valence-electron chi connectivity index (χ0n) is 22.1. The Morgan fingerprint density at radius 3 is 1.89 bits per heavy atom. The van der Waals surface area contributed by atoms with Crippen LogP contribution in [0.1, 0.15) is 69.0 Å². The minimum absolute atomic E-state index is 0.202. The van der Waals surface area contributed by atoms with Gasteiger partial charge < -0.3 is 9.47 Å². The van der Waals surface area contributed by atoms with Crippen molar-refractivity contribution in [3.8, 4) is 11.5 Å². The van der Waals surface area contributed by atoms with Crippen molar-refractivity contribution < 1.29 is 14.3 Å². The molecule has 0 aromatic heterocycles. The van der Waals surface area contributed by atoms with E-state index >= 15 is 0 Å². The molecule has 1 amide bonds. The Labute approximate surface area is 239 Å². The molecule has 0 unspecified atom stereocenters. The molecule has 5 nitrogen and oxygen atoms in total. The summed E-state index contributed by atoms with van der Waals surface area (Å²) in [4.78, 5) is 19.7. The minimum atomic E-state index is -0.652. The number of ether oxygens (including phenoxy) is 2. The van der Waals surface area contributed by atoms with E-state index in [0.29, 0.717) is 46.2 Å². The zero-order valence-corrected chi connectivity index (χ0v) is 24.4. The van der Waals surface area contributed by atoms with Crippen molar-refractivity contribution in [1.82, 2.24) is 4.90 Å². The van der Waals surface area contributed by atoms with E-state index in [1.807, 2.05) is 62.4 Å². The van der Waals surface area contributed by atoms with Crippen LogP contribution in [0.3, 0.4) is 0 Å². The number of amides is 1. The quantitative estimate of drug-likeness (QED) is 0.209. The zero-order chi connectivity index (χ0) is 27.6. The summed E-state index contributed by atoms with van der Waals surface area (Å²) in [6, 6.07) is 17.7. The summed E-state index contributed by atoms with van der Waals surface area (Å²) in [5.41, 5.74) is 3.16. The van der Waals surface area contributed by atoms with Crippen LogP contribution in [-0.4, -0.2) is 29.3 Å². The average Bonchev–Trinajstić information content (AvgIpc) is 3.26. The highest BCUT2D eigenvalue weighted by molar-refractivity contribution is 6.64. The molecule has 3 aromatic rings. The van der Waals surface area contributed by atoms with Crippen molar-refractivity contribution in [1.29, 1.82) is 0 Å². The van der Waals surface area contributed by atoms with Gasteiger partial charge in [-0.25, -0.2) is 0 Å². The van der Waals surface area contributed by atoms with Crippen LogP contribution in [0.15, 0.2) is 65.7 Å². The van der Waals surface area contributed by atoms with E-state index < -0.39 is 17.5 Å². The maximum Gasteiger partial charge on any atom is 0.322 e. The summed E-state index contributed by atoms with van der Waals surface area (Å²) in [6.45, 7) is 11.2. The second-order valence-corrected chi connectivity index (χ2v) is 11.2. The topological polar surface area (TPSA) is 51.1 Å². The molecule has 0 fully saturated rings. The first-order valence-corrected chi connectivity index (χ1v) is 13.7. The molecule has 4 rings (SSSR count). The third-order valence-corrected chi connectivity index (χ3v) is 7.10. The number of halogens is 3. The number of hydrogen-bond donors (Lipinski definition) is 0. The van der Waals surface area contributed by atoms with Gasteiger partial charge in [-0.05, 0) is 78.4 Å². The monoisotopic (exact) mass is 572 g/mol. The highest BCUT2D eigenvalue weighted by atomic mass is 35.5. The number of nitrogens with zero attached hydrogens (tertiary/aromatic N) is 2. The number of carbonyl (C=O) groups is 1. The van der Waals surface area contributed by atoms with Crippen molar-refractivity contribution in [2.24, 2.45) is 4.99 Å². The van der Waals surface area contributed by atoms with Crippen LogP contribution in [0.4, 0.5) is 4.79 Å². The molecule has 0 N–H and O–H groups in total. The predicted molar refractivity (Wildman–Crippen MR) is 155 cm³/mol. The lowest BCUT2D eigenvalue weighted by Crippen LogP contribution is -2.34. The number of aliphatic imine (C=N–C) groups is 1. The van der Waals surface area contributed by atoms with Gasteiger partial charge in [0.05, 0.1) is 24.8 Å². The van der Waals surface area contributed by atoms with Crippen molar-refractivity contribution in [2.75, 3.05) is 13.2 Å². The van der Waals surface area contributed by atoms with Crippen LogP contribution in [0.5, 0.6) is 11.5 Å². The van der Waals surface area contributed by atoms with Crippen LogP contribution >= 0.6 is 34.8 Å². The second-order valence-electron chi connectivity index (χ2n) is 10.0. The van der Waals surface area contributed by atoms with Gasteiger partial charge in [-0.2, -0.15) is 0 Å². The van der Waals surface area contributed by atoms with E-state index in [1.54, 1.807) is 12.1 Å². The van der Waals surface area contributed by atoms with Gasteiger partial charge in [-0.3, -0.25) is 14.7 Å². The smallest absolute Gasteiger partial charge is 0.322 e. The summed E-state index contributed by atoms with van der Waals surface area (Å²) in [5.74, 6) is 1.73. The molecule has 2 atom stereocenters. The van der Waals surface area contributed by atoms with Gasteiger partial charge in [0.25, 0.3) is 0 Å². The molecule has 0 saturated carbocycles. The van der Waals surface area contributed by atoms with E-state index in [-0.39, 0.29) is 5.41 Å². The second kappa shape index (κ2) is 11.6. The maximum atomic E-state index is 13.1. The highest BCUT2D eigenvalue weighted by Gasteiger charge is 2.43. The van der Waals surface area contributed by atoms with Gasteiger partial charge >= 0.3 is 5.37 Å². The van der Waals surface area contributed by atoms with E-state index in [4.69, 9.17) is 49.3 Å². The molecule has 38 heavy (non-hydrogen) atoms. The summed E-state index contributed by atoms with van der Waals surface area (Å²) in [7, 11) is 0. The number of benzene rings is 3. The van der Waals surface area contributed by atoms with E-state index in [9.17, 15) is 4.79 Å². The number of rotatable bonds is 7. The van der Waals surface area contributed by atoms with E-state index in [1.165, 1.54) is 4.90 Å². The summed E-state index contributed by atoms with van der Waals surface area (Å²) in [5, 5.41) is 0.555. The first-order valence-electron chi connectivity index (χ1n) is 12.6. The molecule has 0 radical (unpaired) electrons. The van der Waals surface area contributed by atoms with Crippen LogP contribution in [0.2, 0.25) is 10.0 Å². The largest absolute Gasteiger partial charge is 0.494 e. The van der Waals surface area contributed by atoms with Gasteiger partial charge in [-0.15, -0.1) is 0 Å².